The van der Waals surface area contributed by atoms with Gasteiger partial charge in [0.1, 0.15) is 9.88 Å². The molecular weight excluding hydrogens is 366 g/mol. The molecule has 0 aliphatic carbocycles. The summed E-state index contributed by atoms with van der Waals surface area (Å²) in [7, 11) is 0. The highest BCUT2D eigenvalue weighted by Gasteiger charge is 2.30. The SMILES string of the molecule is Cc1cccc(C)c1-c1nc(C)c(C(=O)N2CCC(N3CCCCC3)CC2)s1. The molecule has 150 valence electrons. The molecule has 2 aromatic rings. The minimum absolute atomic E-state index is 0.171. The Labute approximate surface area is 172 Å². The first-order valence-corrected chi connectivity index (χ1v) is 11.4. The normalized spacial score (nSPS) is 19.2. The molecule has 4 nitrogen and oxygen atoms in total. The van der Waals surface area contributed by atoms with Crippen molar-refractivity contribution in [2.24, 2.45) is 0 Å². The van der Waals surface area contributed by atoms with Gasteiger partial charge in [0, 0.05) is 24.7 Å². The average Bonchev–Trinajstić information content (AvgIpc) is 3.09. The number of carbonyl (C=O) groups is 1. The van der Waals surface area contributed by atoms with E-state index in [2.05, 4.69) is 41.8 Å². The fourth-order valence-electron chi connectivity index (χ4n) is 4.71. The molecule has 0 unspecified atom stereocenters. The van der Waals surface area contributed by atoms with E-state index < -0.39 is 0 Å². The summed E-state index contributed by atoms with van der Waals surface area (Å²) in [6.07, 6.45) is 6.25. The lowest BCUT2D eigenvalue weighted by Crippen LogP contribution is -2.48. The number of benzene rings is 1. The Morgan fingerprint density at radius 2 is 1.64 bits per heavy atom. The summed E-state index contributed by atoms with van der Waals surface area (Å²) >= 11 is 1.56. The van der Waals surface area contributed by atoms with Gasteiger partial charge in [0.05, 0.1) is 5.69 Å². The predicted molar refractivity (Wildman–Crippen MR) is 116 cm³/mol. The zero-order valence-electron chi connectivity index (χ0n) is 17.3. The smallest absolute Gasteiger partial charge is 0.265 e. The molecule has 0 N–H and O–H groups in total. The third-order valence-electron chi connectivity index (χ3n) is 6.34. The standard InChI is InChI=1S/C23H31N3OS/c1-16-8-7-9-17(2)20(16)22-24-18(3)21(28-22)23(27)26-14-10-19(11-15-26)25-12-5-4-6-13-25/h7-9,19H,4-6,10-15H2,1-3H3. The van der Waals surface area contributed by atoms with E-state index >= 15 is 0 Å². The first-order valence-electron chi connectivity index (χ1n) is 10.6. The van der Waals surface area contributed by atoms with Crippen molar-refractivity contribution in [3.05, 3.63) is 39.9 Å². The number of piperidine rings is 2. The van der Waals surface area contributed by atoms with Crippen LogP contribution in [0.3, 0.4) is 0 Å². The Morgan fingerprint density at radius 1 is 1.00 bits per heavy atom. The fraction of sp³-hybridized carbons (Fsp3) is 0.565. The molecular formula is C23H31N3OS. The van der Waals surface area contributed by atoms with E-state index in [9.17, 15) is 4.79 Å². The number of aromatic nitrogens is 1. The van der Waals surface area contributed by atoms with Gasteiger partial charge in [-0.25, -0.2) is 4.98 Å². The molecule has 0 spiro atoms. The highest BCUT2D eigenvalue weighted by Crippen LogP contribution is 2.33. The second kappa shape index (κ2) is 8.34. The summed E-state index contributed by atoms with van der Waals surface area (Å²) in [5, 5.41) is 0.972. The molecule has 4 rings (SSSR count). The molecule has 2 saturated heterocycles. The summed E-state index contributed by atoms with van der Waals surface area (Å²) < 4.78 is 0. The lowest BCUT2D eigenvalue weighted by atomic mass is 10.00. The monoisotopic (exact) mass is 397 g/mol. The van der Waals surface area contributed by atoms with Crippen molar-refractivity contribution in [2.75, 3.05) is 26.2 Å². The van der Waals surface area contributed by atoms with Gasteiger partial charge < -0.3 is 9.80 Å². The van der Waals surface area contributed by atoms with Gasteiger partial charge in [-0.05, 0) is 70.7 Å². The largest absolute Gasteiger partial charge is 0.338 e. The number of carbonyl (C=O) groups excluding carboxylic acids is 1. The van der Waals surface area contributed by atoms with Gasteiger partial charge in [-0.15, -0.1) is 11.3 Å². The number of thiazole rings is 1. The summed E-state index contributed by atoms with van der Waals surface area (Å²) in [6, 6.07) is 6.97. The van der Waals surface area contributed by atoms with Gasteiger partial charge in [-0.2, -0.15) is 0 Å². The van der Waals surface area contributed by atoms with Gasteiger partial charge >= 0.3 is 0 Å². The minimum Gasteiger partial charge on any atom is -0.338 e. The zero-order chi connectivity index (χ0) is 19.7. The van der Waals surface area contributed by atoms with E-state index in [1.54, 1.807) is 11.3 Å². The summed E-state index contributed by atoms with van der Waals surface area (Å²) in [5.74, 6) is 0.171. The van der Waals surface area contributed by atoms with E-state index in [0.29, 0.717) is 6.04 Å². The molecule has 0 atom stereocenters. The van der Waals surface area contributed by atoms with Crippen LogP contribution in [-0.4, -0.2) is 52.9 Å². The van der Waals surface area contributed by atoms with E-state index in [4.69, 9.17) is 4.98 Å². The Hall–Kier alpha value is -1.72. The Kier molecular flexibility index (Phi) is 5.83. The van der Waals surface area contributed by atoms with Crippen molar-refractivity contribution in [1.29, 1.82) is 0 Å². The van der Waals surface area contributed by atoms with Crippen LogP contribution in [0.25, 0.3) is 10.6 Å². The molecule has 3 heterocycles. The van der Waals surface area contributed by atoms with Gasteiger partial charge in [0.2, 0.25) is 0 Å². The Bertz CT molecular complexity index is 825. The van der Waals surface area contributed by atoms with Crippen LogP contribution in [-0.2, 0) is 0 Å². The number of rotatable bonds is 3. The highest BCUT2D eigenvalue weighted by atomic mass is 32.1. The first kappa shape index (κ1) is 19.6. The van der Waals surface area contributed by atoms with Crippen LogP contribution in [0.1, 0.15) is 58.6 Å². The van der Waals surface area contributed by atoms with Crippen molar-refractivity contribution in [2.45, 2.75) is 58.9 Å². The van der Waals surface area contributed by atoms with E-state index in [1.165, 1.54) is 49.0 Å². The average molecular weight is 398 g/mol. The summed E-state index contributed by atoms with van der Waals surface area (Å²) in [5.41, 5.74) is 4.48. The maximum Gasteiger partial charge on any atom is 0.265 e. The van der Waals surface area contributed by atoms with Crippen LogP contribution < -0.4 is 0 Å². The number of nitrogens with zero attached hydrogens (tertiary/aromatic N) is 3. The van der Waals surface area contributed by atoms with Gasteiger partial charge in [-0.3, -0.25) is 4.79 Å². The third kappa shape index (κ3) is 3.87. The lowest BCUT2D eigenvalue weighted by Gasteiger charge is -2.40. The molecule has 28 heavy (non-hydrogen) atoms. The Balaban J connectivity index is 1.46. The van der Waals surface area contributed by atoms with Crippen molar-refractivity contribution in [3.63, 3.8) is 0 Å². The van der Waals surface area contributed by atoms with Crippen LogP contribution in [0.4, 0.5) is 0 Å². The molecule has 0 radical (unpaired) electrons. The molecule has 2 aliphatic heterocycles. The highest BCUT2D eigenvalue weighted by molar-refractivity contribution is 7.17. The van der Waals surface area contributed by atoms with E-state index in [1.807, 2.05) is 6.92 Å². The number of aryl methyl sites for hydroxylation is 3. The quantitative estimate of drug-likeness (QED) is 0.745. The van der Waals surface area contributed by atoms with Crippen LogP contribution in [0.5, 0.6) is 0 Å². The third-order valence-corrected chi connectivity index (χ3v) is 7.51. The van der Waals surface area contributed by atoms with Crippen LogP contribution in [0.15, 0.2) is 18.2 Å². The minimum atomic E-state index is 0.171. The molecule has 0 saturated carbocycles. The molecule has 5 heteroatoms. The zero-order valence-corrected chi connectivity index (χ0v) is 18.1. The topological polar surface area (TPSA) is 36.4 Å². The maximum atomic E-state index is 13.2. The van der Waals surface area contributed by atoms with Crippen molar-refractivity contribution < 1.29 is 4.79 Å². The number of hydrogen-bond acceptors (Lipinski definition) is 4. The van der Waals surface area contributed by atoms with Gasteiger partial charge in [0.15, 0.2) is 0 Å². The van der Waals surface area contributed by atoms with Crippen molar-refractivity contribution >= 4 is 17.2 Å². The van der Waals surface area contributed by atoms with Crippen LogP contribution >= 0.6 is 11.3 Å². The maximum absolute atomic E-state index is 13.2. The molecule has 1 aromatic heterocycles. The van der Waals surface area contributed by atoms with E-state index in [-0.39, 0.29) is 5.91 Å². The number of hydrogen-bond donors (Lipinski definition) is 0. The first-order chi connectivity index (χ1) is 13.5. The molecule has 1 aromatic carbocycles. The van der Waals surface area contributed by atoms with Crippen molar-refractivity contribution in [3.8, 4) is 10.6 Å². The predicted octanol–water partition coefficient (Wildman–Crippen LogP) is 4.83. The molecule has 0 bridgehead atoms. The number of amides is 1. The Morgan fingerprint density at radius 3 is 2.29 bits per heavy atom. The lowest BCUT2D eigenvalue weighted by molar-refractivity contribution is 0.0593. The van der Waals surface area contributed by atoms with Crippen molar-refractivity contribution in [1.82, 2.24) is 14.8 Å². The van der Waals surface area contributed by atoms with Crippen LogP contribution in [0, 0.1) is 20.8 Å². The number of likely N-dealkylation sites (tertiary alicyclic amines) is 2. The summed E-state index contributed by atoms with van der Waals surface area (Å²) in [4.78, 5) is 23.5. The second-order valence-corrected chi connectivity index (χ2v) is 9.32. The fourth-order valence-corrected chi connectivity index (χ4v) is 5.92. The second-order valence-electron chi connectivity index (χ2n) is 8.32. The van der Waals surface area contributed by atoms with Gasteiger partial charge in [0.25, 0.3) is 5.91 Å². The molecule has 2 fully saturated rings. The van der Waals surface area contributed by atoms with Crippen LogP contribution in [0.2, 0.25) is 0 Å². The van der Waals surface area contributed by atoms with Gasteiger partial charge in [-0.1, -0.05) is 24.6 Å². The molecule has 1 amide bonds. The van der Waals surface area contributed by atoms with E-state index in [0.717, 1.165) is 41.5 Å². The summed E-state index contributed by atoms with van der Waals surface area (Å²) in [6.45, 7) is 10.4. The molecule has 2 aliphatic rings.